The highest BCUT2D eigenvalue weighted by Gasteiger charge is 1.96. The lowest BCUT2D eigenvalue weighted by atomic mass is 10.4. The summed E-state index contributed by atoms with van der Waals surface area (Å²) in [5, 5.41) is 3.13. The fourth-order valence-corrected chi connectivity index (χ4v) is 1.71. The molecule has 11 heavy (non-hydrogen) atoms. The van der Waals surface area contributed by atoms with Crippen LogP contribution in [0.2, 0.25) is 0 Å². The molecule has 5 N–H and O–H groups in total. The lowest BCUT2D eigenvalue weighted by molar-refractivity contribution is 0.505. The van der Waals surface area contributed by atoms with Crippen LogP contribution in [0, 0.1) is 0 Å². The van der Waals surface area contributed by atoms with Crippen LogP contribution in [-0.2, 0) is 0 Å². The Morgan fingerprint density at radius 1 is 1.36 bits per heavy atom. The summed E-state index contributed by atoms with van der Waals surface area (Å²) >= 11 is 1.17. The summed E-state index contributed by atoms with van der Waals surface area (Å²) in [6, 6.07) is 0. The normalized spacial score (nSPS) is 10.9. The summed E-state index contributed by atoms with van der Waals surface area (Å²) in [5.41, 5.74) is 5.27. The second kappa shape index (κ2) is 8.71. The summed E-state index contributed by atoms with van der Waals surface area (Å²) in [6.45, 7) is 2.42. The van der Waals surface area contributed by atoms with Crippen LogP contribution in [0.15, 0.2) is 0 Å². The van der Waals surface area contributed by atoms with E-state index in [-0.39, 0.29) is 0 Å². The molecule has 0 saturated carbocycles. The van der Waals surface area contributed by atoms with Crippen LogP contribution in [0.5, 0.6) is 0 Å². The Labute approximate surface area is 72.2 Å². The zero-order chi connectivity index (χ0) is 8.53. The van der Waals surface area contributed by atoms with E-state index >= 15 is 0 Å². The maximum absolute atomic E-state index is 8.49. The van der Waals surface area contributed by atoms with Crippen LogP contribution in [0.1, 0.15) is 6.42 Å². The van der Waals surface area contributed by atoms with Gasteiger partial charge in [-0.2, -0.15) is 0 Å². The number of nitrogens with one attached hydrogen (secondary N) is 1. The van der Waals surface area contributed by atoms with Crippen molar-refractivity contribution in [2.75, 3.05) is 25.4 Å². The van der Waals surface area contributed by atoms with Gasteiger partial charge in [0.15, 0.2) is 0 Å². The molecule has 0 amide bonds. The molecule has 0 unspecified atom stereocenters. The van der Waals surface area contributed by atoms with Gasteiger partial charge < -0.3 is 20.8 Å². The molecule has 68 valence electrons. The van der Waals surface area contributed by atoms with E-state index in [2.05, 4.69) is 5.32 Å². The molecule has 0 heterocycles. The topological polar surface area (TPSA) is 78.5 Å². The number of rotatable bonds is 7. The van der Waals surface area contributed by atoms with Crippen molar-refractivity contribution in [1.82, 2.24) is 5.32 Å². The smallest absolute Gasteiger partial charge is 0.232 e. The van der Waals surface area contributed by atoms with Crippen LogP contribution in [0.4, 0.5) is 0 Å². The molecule has 0 bridgehead atoms. The Balaban J connectivity index is 2.80. The van der Waals surface area contributed by atoms with E-state index in [0.29, 0.717) is 6.54 Å². The maximum atomic E-state index is 8.49. The SMILES string of the molecule is NCCCNCCSP(O)O. The molecule has 0 aromatic rings. The van der Waals surface area contributed by atoms with Crippen LogP contribution in [-0.4, -0.2) is 35.2 Å². The van der Waals surface area contributed by atoms with E-state index in [9.17, 15) is 0 Å². The Bertz CT molecular complexity index is 86.9. The van der Waals surface area contributed by atoms with Crippen molar-refractivity contribution in [2.24, 2.45) is 5.73 Å². The lowest BCUT2D eigenvalue weighted by Crippen LogP contribution is -2.20. The van der Waals surface area contributed by atoms with Crippen molar-refractivity contribution in [3.63, 3.8) is 0 Å². The van der Waals surface area contributed by atoms with Gasteiger partial charge >= 0.3 is 0 Å². The van der Waals surface area contributed by atoms with Crippen molar-refractivity contribution in [3.05, 3.63) is 0 Å². The van der Waals surface area contributed by atoms with E-state index in [1.165, 1.54) is 11.4 Å². The van der Waals surface area contributed by atoms with Gasteiger partial charge in [0.25, 0.3) is 0 Å². The molecule has 0 aromatic carbocycles. The Morgan fingerprint density at radius 2 is 2.09 bits per heavy atom. The summed E-state index contributed by atoms with van der Waals surface area (Å²) in [6.07, 6.45) is 0.970. The van der Waals surface area contributed by atoms with Gasteiger partial charge in [0.1, 0.15) is 0 Å². The van der Waals surface area contributed by atoms with Crippen LogP contribution in [0.25, 0.3) is 0 Å². The first-order valence-electron chi connectivity index (χ1n) is 3.49. The number of hydrogen-bond donors (Lipinski definition) is 4. The van der Waals surface area contributed by atoms with Crippen molar-refractivity contribution in [3.8, 4) is 0 Å². The van der Waals surface area contributed by atoms with Crippen LogP contribution in [0.3, 0.4) is 0 Å². The summed E-state index contributed by atoms with van der Waals surface area (Å²) in [5.74, 6) is 0.739. The molecule has 0 aliphatic heterocycles. The minimum Gasteiger partial charge on any atom is -0.342 e. The Morgan fingerprint density at radius 3 is 2.64 bits per heavy atom. The van der Waals surface area contributed by atoms with E-state index in [1.54, 1.807) is 0 Å². The van der Waals surface area contributed by atoms with E-state index in [0.717, 1.165) is 25.3 Å². The zero-order valence-corrected chi connectivity index (χ0v) is 8.07. The third-order valence-corrected chi connectivity index (χ3v) is 2.90. The number of hydrogen-bond acceptors (Lipinski definition) is 5. The lowest BCUT2D eigenvalue weighted by Gasteiger charge is -2.03. The van der Waals surface area contributed by atoms with E-state index in [4.69, 9.17) is 15.5 Å². The standard InChI is InChI=1S/C5H15N2O2PS/c6-2-1-3-7-4-5-11-10(8)9/h7-9H,1-6H2. The van der Waals surface area contributed by atoms with Gasteiger partial charge in [0.2, 0.25) is 7.58 Å². The zero-order valence-electron chi connectivity index (χ0n) is 6.36. The molecule has 0 aliphatic rings. The van der Waals surface area contributed by atoms with Gasteiger partial charge in [-0.15, -0.1) is 0 Å². The molecular formula is C5H15N2O2PS. The average molecular weight is 198 g/mol. The molecule has 0 atom stereocenters. The minimum absolute atomic E-state index is 0.701. The van der Waals surface area contributed by atoms with Crippen molar-refractivity contribution >= 4 is 19.0 Å². The molecule has 0 aromatic heterocycles. The monoisotopic (exact) mass is 198 g/mol. The van der Waals surface area contributed by atoms with Gasteiger partial charge in [-0.3, -0.25) is 0 Å². The largest absolute Gasteiger partial charge is 0.342 e. The van der Waals surface area contributed by atoms with Crippen LogP contribution < -0.4 is 11.1 Å². The fourth-order valence-electron chi connectivity index (χ4n) is 0.552. The van der Waals surface area contributed by atoms with Crippen LogP contribution >= 0.6 is 19.0 Å². The van der Waals surface area contributed by atoms with Gasteiger partial charge in [-0.25, -0.2) is 0 Å². The molecule has 4 nitrogen and oxygen atoms in total. The first-order chi connectivity index (χ1) is 5.27. The third-order valence-electron chi connectivity index (χ3n) is 1.04. The Kier molecular flexibility index (Phi) is 9.21. The highest BCUT2D eigenvalue weighted by molar-refractivity contribution is 8.52. The molecule has 0 saturated heterocycles. The summed E-state index contributed by atoms with van der Waals surface area (Å²) < 4.78 is 0. The molecule has 0 radical (unpaired) electrons. The second-order valence-electron chi connectivity index (χ2n) is 1.98. The molecule has 0 rings (SSSR count). The molecular weight excluding hydrogens is 183 g/mol. The molecule has 0 spiro atoms. The first-order valence-corrected chi connectivity index (χ1v) is 6.32. The minimum atomic E-state index is -1.77. The third kappa shape index (κ3) is 10.6. The molecule has 6 heteroatoms. The maximum Gasteiger partial charge on any atom is 0.232 e. The van der Waals surface area contributed by atoms with E-state index in [1.807, 2.05) is 0 Å². The van der Waals surface area contributed by atoms with Gasteiger partial charge in [0.05, 0.1) is 0 Å². The first kappa shape index (κ1) is 11.6. The van der Waals surface area contributed by atoms with E-state index < -0.39 is 7.58 Å². The van der Waals surface area contributed by atoms with Crippen molar-refractivity contribution < 1.29 is 9.79 Å². The van der Waals surface area contributed by atoms with Gasteiger partial charge in [0, 0.05) is 12.3 Å². The van der Waals surface area contributed by atoms with Crippen molar-refractivity contribution in [2.45, 2.75) is 6.42 Å². The molecule has 0 fully saturated rings. The second-order valence-corrected chi connectivity index (χ2v) is 4.90. The number of nitrogens with two attached hydrogens (primary N) is 1. The fraction of sp³-hybridized carbons (Fsp3) is 1.00. The quantitative estimate of drug-likeness (QED) is 0.338. The highest BCUT2D eigenvalue weighted by Crippen LogP contribution is 2.39. The average Bonchev–Trinajstić information content (AvgIpc) is 1.96. The summed E-state index contributed by atoms with van der Waals surface area (Å²) in [7, 11) is -1.77. The Hall–Kier alpha value is 0.620. The van der Waals surface area contributed by atoms with Crippen molar-refractivity contribution in [1.29, 1.82) is 0 Å². The summed E-state index contributed by atoms with van der Waals surface area (Å²) in [4.78, 5) is 17.0. The molecule has 0 aliphatic carbocycles. The predicted molar refractivity (Wildman–Crippen MR) is 50.4 cm³/mol. The predicted octanol–water partition coefficient (Wildman–Crippen LogP) is -0.130. The van der Waals surface area contributed by atoms with Gasteiger partial charge in [-0.1, -0.05) is 11.4 Å². The highest BCUT2D eigenvalue weighted by atomic mass is 32.7. The van der Waals surface area contributed by atoms with Gasteiger partial charge in [-0.05, 0) is 19.5 Å².